The fraction of sp³-hybridized carbons (Fsp3) is 0.929. The van der Waals surface area contributed by atoms with Gasteiger partial charge in [0.15, 0.2) is 0 Å². The lowest BCUT2D eigenvalue weighted by Gasteiger charge is -2.08. The van der Waals surface area contributed by atoms with Crippen molar-refractivity contribution in [1.29, 1.82) is 0 Å². The van der Waals surface area contributed by atoms with Crippen LogP contribution in [0.15, 0.2) is 4.99 Å². The molecule has 1 heterocycles. The van der Waals surface area contributed by atoms with Crippen LogP contribution in [0.3, 0.4) is 0 Å². The Morgan fingerprint density at radius 1 is 0.944 bits per heavy atom. The Morgan fingerprint density at radius 2 is 1.83 bits per heavy atom. The van der Waals surface area contributed by atoms with E-state index in [-0.39, 0.29) is 0 Å². The first-order chi connectivity index (χ1) is 8.93. The molecule has 0 radical (unpaired) electrons. The van der Waals surface area contributed by atoms with Crippen molar-refractivity contribution in [2.24, 2.45) is 10.7 Å². The molecule has 1 rings (SSSR count). The first-order valence-electron chi connectivity index (χ1n) is 7.61. The van der Waals surface area contributed by atoms with E-state index in [0.717, 1.165) is 45.6 Å². The van der Waals surface area contributed by atoms with Gasteiger partial charge in [0.25, 0.3) is 0 Å². The Bertz CT molecular complexity index is 216. The molecule has 0 unspecified atom stereocenters. The van der Waals surface area contributed by atoms with Gasteiger partial charge in [0.2, 0.25) is 0 Å². The Balaban J connectivity index is 1.84. The van der Waals surface area contributed by atoms with Crippen LogP contribution in [-0.4, -0.2) is 38.6 Å². The molecule has 0 amide bonds. The van der Waals surface area contributed by atoms with Gasteiger partial charge in [0.05, 0.1) is 5.84 Å². The molecule has 0 spiro atoms. The van der Waals surface area contributed by atoms with Crippen molar-refractivity contribution < 1.29 is 0 Å². The van der Waals surface area contributed by atoms with Crippen molar-refractivity contribution in [3.8, 4) is 0 Å². The quantitative estimate of drug-likeness (QED) is 0.548. The lowest BCUT2D eigenvalue weighted by Crippen LogP contribution is -2.27. The van der Waals surface area contributed by atoms with E-state index in [2.05, 4.69) is 15.6 Å². The second-order valence-corrected chi connectivity index (χ2v) is 5.02. The number of hydrogen-bond acceptors (Lipinski definition) is 4. The Kier molecular flexibility index (Phi) is 9.85. The zero-order valence-electron chi connectivity index (χ0n) is 11.7. The van der Waals surface area contributed by atoms with Crippen LogP contribution < -0.4 is 16.4 Å². The van der Waals surface area contributed by atoms with Crippen molar-refractivity contribution in [3.05, 3.63) is 0 Å². The van der Waals surface area contributed by atoms with Crippen LogP contribution in [0, 0.1) is 0 Å². The molecule has 4 N–H and O–H groups in total. The minimum absolute atomic E-state index is 0.825. The average Bonchev–Trinajstić information content (AvgIpc) is 2.65. The predicted molar refractivity (Wildman–Crippen MR) is 79.2 cm³/mol. The first kappa shape index (κ1) is 15.4. The van der Waals surface area contributed by atoms with Gasteiger partial charge in [-0.3, -0.25) is 4.99 Å². The van der Waals surface area contributed by atoms with Gasteiger partial charge < -0.3 is 16.4 Å². The van der Waals surface area contributed by atoms with Crippen LogP contribution in [-0.2, 0) is 0 Å². The van der Waals surface area contributed by atoms with Crippen molar-refractivity contribution in [2.75, 3.05) is 32.7 Å². The molecule has 0 saturated carbocycles. The fourth-order valence-electron chi connectivity index (χ4n) is 2.16. The van der Waals surface area contributed by atoms with E-state index >= 15 is 0 Å². The highest BCUT2D eigenvalue weighted by atomic mass is 15.0. The molecule has 0 aliphatic carbocycles. The van der Waals surface area contributed by atoms with E-state index in [1.165, 1.54) is 44.4 Å². The predicted octanol–water partition coefficient (Wildman–Crippen LogP) is 1.66. The highest BCUT2D eigenvalue weighted by molar-refractivity contribution is 5.82. The maximum absolute atomic E-state index is 5.45. The summed E-state index contributed by atoms with van der Waals surface area (Å²) in [6, 6.07) is 0. The SMILES string of the molecule is NCCCCCNCCCNC1=NCCCCC1. The number of unbranched alkanes of at least 4 members (excludes halogenated alkanes) is 2. The number of hydrogen-bond donors (Lipinski definition) is 3. The van der Waals surface area contributed by atoms with E-state index < -0.39 is 0 Å². The Morgan fingerprint density at radius 3 is 2.72 bits per heavy atom. The third-order valence-electron chi connectivity index (χ3n) is 3.29. The average molecular weight is 254 g/mol. The lowest BCUT2D eigenvalue weighted by molar-refractivity contribution is 0.588. The number of aliphatic imine (C=N–C) groups is 1. The number of nitrogens with one attached hydrogen (secondary N) is 2. The molecular formula is C14H30N4. The Labute approximate surface area is 112 Å². The molecule has 4 nitrogen and oxygen atoms in total. The number of nitrogens with zero attached hydrogens (tertiary/aromatic N) is 1. The normalized spacial score (nSPS) is 16.2. The summed E-state index contributed by atoms with van der Waals surface area (Å²) in [5, 5.41) is 6.94. The van der Waals surface area contributed by atoms with Crippen LogP contribution in [0.25, 0.3) is 0 Å². The Hall–Kier alpha value is -0.610. The van der Waals surface area contributed by atoms with E-state index in [9.17, 15) is 0 Å². The molecule has 4 heteroatoms. The van der Waals surface area contributed by atoms with Crippen molar-refractivity contribution in [1.82, 2.24) is 10.6 Å². The monoisotopic (exact) mass is 254 g/mol. The second-order valence-electron chi connectivity index (χ2n) is 5.02. The molecule has 1 aliphatic heterocycles. The van der Waals surface area contributed by atoms with Gasteiger partial charge in [-0.2, -0.15) is 0 Å². The summed E-state index contributed by atoms with van der Waals surface area (Å²) in [6.07, 6.45) is 9.86. The van der Waals surface area contributed by atoms with Gasteiger partial charge in [-0.15, -0.1) is 0 Å². The molecule has 0 aromatic heterocycles. The second kappa shape index (κ2) is 11.5. The summed E-state index contributed by atoms with van der Waals surface area (Å²) in [6.45, 7) is 5.12. The zero-order valence-corrected chi connectivity index (χ0v) is 11.7. The topological polar surface area (TPSA) is 62.4 Å². The molecule has 1 aliphatic rings. The van der Waals surface area contributed by atoms with Gasteiger partial charge >= 0.3 is 0 Å². The third-order valence-corrected chi connectivity index (χ3v) is 3.29. The van der Waals surface area contributed by atoms with Crippen molar-refractivity contribution >= 4 is 5.84 Å². The molecule has 0 atom stereocenters. The number of nitrogens with two attached hydrogens (primary N) is 1. The molecule has 18 heavy (non-hydrogen) atoms. The smallest absolute Gasteiger partial charge is 0.0963 e. The minimum Gasteiger partial charge on any atom is -0.374 e. The maximum Gasteiger partial charge on any atom is 0.0963 e. The van der Waals surface area contributed by atoms with Crippen LogP contribution in [0.4, 0.5) is 0 Å². The zero-order chi connectivity index (χ0) is 12.9. The van der Waals surface area contributed by atoms with Crippen LogP contribution in [0.1, 0.15) is 51.4 Å². The fourth-order valence-corrected chi connectivity index (χ4v) is 2.16. The summed E-state index contributed by atoms with van der Waals surface area (Å²) >= 11 is 0. The van der Waals surface area contributed by atoms with E-state index in [1.54, 1.807) is 0 Å². The molecule has 0 aromatic rings. The van der Waals surface area contributed by atoms with Gasteiger partial charge in [-0.1, -0.05) is 12.8 Å². The molecule has 0 fully saturated rings. The summed E-state index contributed by atoms with van der Waals surface area (Å²) in [5.41, 5.74) is 5.45. The molecule has 0 saturated heterocycles. The van der Waals surface area contributed by atoms with E-state index in [0.29, 0.717) is 0 Å². The largest absolute Gasteiger partial charge is 0.374 e. The van der Waals surface area contributed by atoms with E-state index in [4.69, 9.17) is 5.73 Å². The van der Waals surface area contributed by atoms with Crippen molar-refractivity contribution in [2.45, 2.75) is 51.4 Å². The maximum atomic E-state index is 5.45. The summed E-state index contributed by atoms with van der Waals surface area (Å²) in [5.74, 6) is 1.23. The molecular weight excluding hydrogens is 224 g/mol. The van der Waals surface area contributed by atoms with Crippen molar-refractivity contribution in [3.63, 3.8) is 0 Å². The number of rotatable bonds is 9. The van der Waals surface area contributed by atoms with Gasteiger partial charge in [0.1, 0.15) is 0 Å². The number of amidine groups is 1. The summed E-state index contributed by atoms with van der Waals surface area (Å²) in [7, 11) is 0. The first-order valence-corrected chi connectivity index (χ1v) is 7.61. The van der Waals surface area contributed by atoms with Crippen LogP contribution in [0.2, 0.25) is 0 Å². The standard InChI is InChI=1S/C14H30N4/c15-9-4-2-5-10-16-11-7-13-18-14-8-3-1-6-12-17-14/h16H,1-13,15H2,(H,17,18). The highest BCUT2D eigenvalue weighted by Crippen LogP contribution is 2.05. The van der Waals surface area contributed by atoms with Crippen LogP contribution in [0.5, 0.6) is 0 Å². The third kappa shape index (κ3) is 8.48. The van der Waals surface area contributed by atoms with Gasteiger partial charge in [0, 0.05) is 19.5 Å². The molecule has 0 aromatic carbocycles. The van der Waals surface area contributed by atoms with Crippen LogP contribution >= 0.6 is 0 Å². The van der Waals surface area contributed by atoms with Gasteiger partial charge in [-0.25, -0.2) is 0 Å². The summed E-state index contributed by atoms with van der Waals surface area (Å²) in [4.78, 5) is 4.56. The highest BCUT2D eigenvalue weighted by Gasteiger charge is 2.02. The molecule has 106 valence electrons. The van der Waals surface area contributed by atoms with Gasteiger partial charge in [-0.05, 0) is 51.7 Å². The minimum atomic E-state index is 0.825. The summed E-state index contributed by atoms with van der Waals surface area (Å²) < 4.78 is 0. The molecule has 0 bridgehead atoms. The van der Waals surface area contributed by atoms with E-state index in [1.807, 2.05) is 0 Å². The lowest BCUT2D eigenvalue weighted by atomic mass is 10.2.